The van der Waals surface area contributed by atoms with E-state index in [9.17, 15) is 4.79 Å². The number of hydrogen-bond acceptors (Lipinski definition) is 2. The average Bonchev–Trinajstić information content (AvgIpc) is 2.25. The van der Waals surface area contributed by atoms with E-state index in [-0.39, 0.29) is 5.91 Å². The van der Waals surface area contributed by atoms with Gasteiger partial charge in [0.15, 0.2) is 0 Å². The van der Waals surface area contributed by atoms with Crippen LogP contribution in [0, 0.1) is 5.92 Å². The van der Waals surface area contributed by atoms with Crippen LogP contribution < -0.4 is 4.90 Å². The van der Waals surface area contributed by atoms with Crippen LogP contribution in [-0.2, 0) is 9.53 Å². The fraction of sp³-hybridized carbons (Fsp3) is 0.462. The van der Waals surface area contributed by atoms with E-state index >= 15 is 0 Å². The molecule has 1 aromatic rings. The maximum atomic E-state index is 11.5. The normalized spacial score (nSPS) is 10.5. The second kappa shape index (κ2) is 6.28. The molecule has 0 aliphatic carbocycles. The van der Waals surface area contributed by atoms with E-state index in [0.29, 0.717) is 19.3 Å². The zero-order chi connectivity index (χ0) is 12.0. The molecule has 0 bridgehead atoms. The zero-order valence-corrected chi connectivity index (χ0v) is 10.1. The molecular weight excluding hydrogens is 202 g/mol. The molecule has 0 spiro atoms. The standard InChI is InChI=1S/C13H19NO2/c1-11(2)9-16-10-14(12(3)15)13-7-5-4-6-8-13/h4-8,11H,9-10H2,1-3H3. The predicted octanol–water partition coefficient (Wildman–Crippen LogP) is 2.67. The first-order valence-electron chi connectivity index (χ1n) is 5.52. The number of anilines is 1. The first-order chi connectivity index (χ1) is 7.61. The van der Waals surface area contributed by atoms with Gasteiger partial charge in [0.1, 0.15) is 6.73 Å². The fourth-order valence-corrected chi connectivity index (χ4v) is 1.33. The van der Waals surface area contributed by atoms with Gasteiger partial charge in [-0.2, -0.15) is 0 Å². The molecule has 3 heteroatoms. The third-order valence-corrected chi connectivity index (χ3v) is 2.12. The molecule has 0 saturated heterocycles. The molecule has 0 atom stereocenters. The van der Waals surface area contributed by atoms with Crippen molar-refractivity contribution in [2.45, 2.75) is 20.8 Å². The minimum absolute atomic E-state index is 0.00467. The van der Waals surface area contributed by atoms with Gasteiger partial charge in [0, 0.05) is 12.6 Å². The second-order valence-electron chi connectivity index (χ2n) is 4.18. The Kier molecular flexibility index (Phi) is 4.99. The molecule has 0 aromatic heterocycles. The number of carbonyl (C=O) groups is 1. The highest BCUT2D eigenvalue weighted by Crippen LogP contribution is 2.13. The molecule has 16 heavy (non-hydrogen) atoms. The Labute approximate surface area is 97.0 Å². The quantitative estimate of drug-likeness (QED) is 0.715. The summed E-state index contributed by atoms with van der Waals surface area (Å²) in [4.78, 5) is 13.1. The summed E-state index contributed by atoms with van der Waals surface area (Å²) in [5.41, 5.74) is 0.874. The summed E-state index contributed by atoms with van der Waals surface area (Å²) in [6, 6.07) is 9.55. The molecule has 88 valence electrons. The average molecular weight is 221 g/mol. The topological polar surface area (TPSA) is 29.5 Å². The van der Waals surface area contributed by atoms with E-state index in [0.717, 1.165) is 5.69 Å². The van der Waals surface area contributed by atoms with Crippen molar-refractivity contribution in [3.63, 3.8) is 0 Å². The van der Waals surface area contributed by atoms with Crippen LogP contribution in [0.2, 0.25) is 0 Å². The summed E-state index contributed by atoms with van der Waals surface area (Å²) in [6.45, 7) is 6.70. The van der Waals surface area contributed by atoms with Crippen molar-refractivity contribution in [1.29, 1.82) is 0 Å². The van der Waals surface area contributed by atoms with Gasteiger partial charge >= 0.3 is 0 Å². The van der Waals surface area contributed by atoms with Gasteiger partial charge in [-0.3, -0.25) is 9.69 Å². The van der Waals surface area contributed by atoms with Crippen molar-refractivity contribution in [1.82, 2.24) is 0 Å². The van der Waals surface area contributed by atoms with Gasteiger partial charge in [0.05, 0.1) is 6.61 Å². The number of carbonyl (C=O) groups excluding carboxylic acids is 1. The number of rotatable bonds is 5. The van der Waals surface area contributed by atoms with Crippen molar-refractivity contribution in [3.8, 4) is 0 Å². The molecule has 0 heterocycles. The number of hydrogen-bond donors (Lipinski definition) is 0. The minimum atomic E-state index is -0.00467. The molecule has 0 unspecified atom stereocenters. The van der Waals surface area contributed by atoms with Gasteiger partial charge in [0.2, 0.25) is 5.91 Å². The van der Waals surface area contributed by atoms with E-state index in [4.69, 9.17) is 4.74 Å². The summed E-state index contributed by atoms with van der Waals surface area (Å²) < 4.78 is 5.48. The Hall–Kier alpha value is -1.35. The molecule has 0 aliphatic rings. The Morgan fingerprint density at radius 1 is 1.31 bits per heavy atom. The van der Waals surface area contributed by atoms with E-state index in [1.807, 2.05) is 30.3 Å². The fourth-order valence-electron chi connectivity index (χ4n) is 1.33. The maximum Gasteiger partial charge on any atom is 0.225 e. The summed E-state index contributed by atoms with van der Waals surface area (Å²) in [5.74, 6) is 0.472. The number of para-hydroxylation sites is 1. The van der Waals surface area contributed by atoms with Crippen LogP contribution in [0.25, 0.3) is 0 Å². The summed E-state index contributed by atoms with van der Waals surface area (Å²) in [5, 5.41) is 0. The van der Waals surface area contributed by atoms with Crippen molar-refractivity contribution < 1.29 is 9.53 Å². The number of nitrogens with zero attached hydrogens (tertiary/aromatic N) is 1. The van der Waals surface area contributed by atoms with Crippen LogP contribution in [0.4, 0.5) is 5.69 Å². The maximum absolute atomic E-state index is 11.5. The van der Waals surface area contributed by atoms with E-state index in [1.165, 1.54) is 0 Å². The van der Waals surface area contributed by atoms with Gasteiger partial charge in [0.25, 0.3) is 0 Å². The van der Waals surface area contributed by atoms with E-state index in [1.54, 1.807) is 11.8 Å². The Balaban J connectivity index is 2.59. The number of ether oxygens (including phenoxy) is 1. The molecular formula is C13H19NO2. The number of benzene rings is 1. The van der Waals surface area contributed by atoms with Crippen LogP contribution in [0.5, 0.6) is 0 Å². The highest BCUT2D eigenvalue weighted by atomic mass is 16.5. The van der Waals surface area contributed by atoms with Crippen molar-refractivity contribution >= 4 is 11.6 Å². The minimum Gasteiger partial charge on any atom is -0.360 e. The Morgan fingerprint density at radius 2 is 1.94 bits per heavy atom. The molecule has 0 N–H and O–H groups in total. The Morgan fingerprint density at radius 3 is 2.44 bits per heavy atom. The van der Waals surface area contributed by atoms with Crippen LogP contribution in [0.1, 0.15) is 20.8 Å². The summed E-state index contributed by atoms with van der Waals surface area (Å²) in [7, 11) is 0. The highest BCUT2D eigenvalue weighted by Gasteiger charge is 2.10. The lowest BCUT2D eigenvalue weighted by Crippen LogP contribution is -2.31. The summed E-state index contributed by atoms with van der Waals surface area (Å²) >= 11 is 0. The lowest BCUT2D eigenvalue weighted by Gasteiger charge is -2.21. The molecule has 0 aliphatic heterocycles. The lowest BCUT2D eigenvalue weighted by atomic mass is 10.2. The molecule has 1 aromatic carbocycles. The predicted molar refractivity (Wildman–Crippen MR) is 65.3 cm³/mol. The molecule has 0 fully saturated rings. The third-order valence-electron chi connectivity index (χ3n) is 2.12. The largest absolute Gasteiger partial charge is 0.360 e. The Bertz CT molecular complexity index is 322. The monoisotopic (exact) mass is 221 g/mol. The number of amides is 1. The molecule has 3 nitrogen and oxygen atoms in total. The first kappa shape index (κ1) is 12.7. The second-order valence-corrected chi connectivity index (χ2v) is 4.18. The molecule has 1 amide bonds. The van der Waals surface area contributed by atoms with Crippen LogP contribution in [-0.4, -0.2) is 19.2 Å². The molecule has 0 saturated carbocycles. The first-order valence-corrected chi connectivity index (χ1v) is 5.52. The zero-order valence-electron chi connectivity index (χ0n) is 10.1. The molecule has 1 rings (SSSR count). The SMILES string of the molecule is CC(=O)N(COCC(C)C)c1ccccc1. The van der Waals surface area contributed by atoms with E-state index < -0.39 is 0 Å². The smallest absolute Gasteiger partial charge is 0.225 e. The summed E-state index contributed by atoms with van der Waals surface area (Å²) in [6.07, 6.45) is 0. The highest BCUT2D eigenvalue weighted by molar-refractivity contribution is 5.91. The van der Waals surface area contributed by atoms with Crippen molar-refractivity contribution in [2.24, 2.45) is 5.92 Å². The van der Waals surface area contributed by atoms with Gasteiger partial charge in [-0.05, 0) is 18.1 Å². The van der Waals surface area contributed by atoms with Crippen molar-refractivity contribution in [2.75, 3.05) is 18.2 Å². The van der Waals surface area contributed by atoms with Gasteiger partial charge in [-0.15, -0.1) is 0 Å². The lowest BCUT2D eigenvalue weighted by molar-refractivity contribution is -0.117. The van der Waals surface area contributed by atoms with Gasteiger partial charge in [-0.1, -0.05) is 32.0 Å². The third kappa shape index (κ3) is 4.03. The van der Waals surface area contributed by atoms with E-state index in [2.05, 4.69) is 13.8 Å². The van der Waals surface area contributed by atoms with Crippen molar-refractivity contribution in [3.05, 3.63) is 30.3 Å². The van der Waals surface area contributed by atoms with Gasteiger partial charge in [-0.25, -0.2) is 0 Å². The van der Waals surface area contributed by atoms with Gasteiger partial charge < -0.3 is 4.74 Å². The van der Waals surface area contributed by atoms with Crippen LogP contribution >= 0.6 is 0 Å². The van der Waals surface area contributed by atoms with Crippen LogP contribution in [0.15, 0.2) is 30.3 Å². The molecule has 0 radical (unpaired) electrons. The van der Waals surface area contributed by atoms with Crippen LogP contribution in [0.3, 0.4) is 0 Å².